The van der Waals surface area contributed by atoms with Crippen molar-refractivity contribution in [3.05, 3.63) is 41.4 Å². The molecule has 2 aromatic heterocycles. The minimum Gasteiger partial charge on any atom is -0.494 e. The van der Waals surface area contributed by atoms with Crippen molar-refractivity contribution in [2.75, 3.05) is 33.3 Å². The molecule has 2 amide bonds. The Morgan fingerprint density at radius 3 is 2.41 bits per heavy atom. The van der Waals surface area contributed by atoms with Gasteiger partial charge < -0.3 is 29.4 Å². The number of benzene rings is 1. The minimum atomic E-state index is -4.64. The van der Waals surface area contributed by atoms with Gasteiger partial charge in [0.2, 0.25) is 5.89 Å². The number of amides is 2. The second kappa shape index (κ2) is 9.54. The molecule has 196 valence electrons. The maximum atomic E-state index is 13.3. The summed E-state index contributed by atoms with van der Waals surface area (Å²) >= 11 is 0. The molecule has 37 heavy (non-hydrogen) atoms. The fourth-order valence-electron chi connectivity index (χ4n) is 4.12. The topological polar surface area (TPSA) is 124 Å². The van der Waals surface area contributed by atoms with Gasteiger partial charge in [0, 0.05) is 37.1 Å². The Kier molecular flexibility index (Phi) is 6.40. The number of hydrogen-bond acceptors (Lipinski definition) is 8. The second-order valence-corrected chi connectivity index (χ2v) is 8.76. The van der Waals surface area contributed by atoms with Crippen LogP contribution in [0.3, 0.4) is 0 Å². The molecule has 0 radical (unpaired) electrons. The molecular weight excluding hydrogens is 495 g/mol. The minimum absolute atomic E-state index is 0.00267. The normalized spacial score (nSPS) is 16.2. The number of fused-ring (bicyclic) bond motifs is 1. The number of pyridine rings is 1. The summed E-state index contributed by atoms with van der Waals surface area (Å²) in [6, 6.07) is 5.15. The van der Waals surface area contributed by atoms with Crippen LogP contribution in [0.2, 0.25) is 0 Å². The Morgan fingerprint density at radius 2 is 1.78 bits per heavy atom. The molecule has 1 aliphatic carbocycles. The van der Waals surface area contributed by atoms with Gasteiger partial charge in [-0.05, 0) is 37.1 Å². The van der Waals surface area contributed by atoms with Crippen molar-refractivity contribution in [1.29, 1.82) is 0 Å². The Bertz CT molecular complexity index is 1350. The van der Waals surface area contributed by atoms with E-state index in [4.69, 9.17) is 19.6 Å². The van der Waals surface area contributed by atoms with Crippen molar-refractivity contribution in [2.24, 2.45) is 5.73 Å². The molecule has 1 aromatic carbocycles. The van der Waals surface area contributed by atoms with Gasteiger partial charge in [0.05, 0.1) is 13.7 Å². The summed E-state index contributed by atoms with van der Waals surface area (Å²) in [5.74, 6) is -0.116. The van der Waals surface area contributed by atoms with Crippen LogP contribution in [0.25, 0.3) is 22.4 Å². The van der Waals surface area contributed by atoms with E-state index in [9.17, 15) is 22.8 Å². The lowest BCUT2D eigenvalue weighted by molar-refractivity contribution is -0.140. The monoisotopic (exact) mass is 519 g/mol. The Hall–Kier alpha value is -3.87. The predicted octanol–water partition coefficient (Wildman–Crippen LogP) is 3.43. The maximum Gasteiger partial charge on any atom is 0.433 e. The fraction of sp³-hybridized carbons (Fsp3) is 0.417. The average molecular weight is 519 g/mol. The van der Waals surface area contributed by atoms with Crippen LogP contribution in [-0.2, 0) is 17.5 Å². The van der Waals surface area contributed by atoms with Gasteiger partial charge >= 0.3 is 12.3 Å². The summed E-state index contributed by atoms with van der Waals surface area (Å²) in [6.07, 6.45) is -3.26. The third-order valence-electron chi connectivity index (χ3n) is 6.26. The first-order chi connectivity index (χ1) is 17.7. The molecule has 0 atom stereocenters. The highest BCUT2D eigenvalue weighted by Gasteiger charge is 2.34. The summed E-state index contributed by atoms with van der Waals surface area (Å²) in [6.45, 7) is 1.07. The number of rotatable bonds is 5. The summed E-state index contributed by atoms with van der Waals surface area (Å²) in [5, 5.41) is 0.305. The summed E-state index contributed by atoms with van der Waals surface area (Å²) in [4.78, 5) is 36.6. The number of hydrogen-bond donors (Lipinski definition) is 1. The van der Waals surface area contributed by atoms with Crippen LogP contribution in [0.4, 0.5) is 18.0 Å². The van der Waals surface area contributed by atoms with E-state index in [0.29, 0.717) is 24.0 Å². The molecule has 3 heterocycles. The fourth-order valence-corrected chi connectivity index (χ4v) is 4.12. The van der Waals surface area contributed by atoms with Crippen LogP contribution >= 0.6 is 0 Å². The number of methoxy groups -OCH3 is 1. The number of aromatic nitrogens is 2. The van der Waals surface area contributed by atoms with E-state index < -0.39 is 17.8 Å². The number of carbonyl (C=O) groups is 2. The highest BCUT2D eigenvalue weighted by molar-refractivity contribution is 5.98. The highest BCUT2D eigenvalue weighted by atomic mass is 19.4. The van der Waals surface area contributed by atoms with Gasteiger partial charge in [-0.25, -0.2) is 14.8 Å². The maximum absolute atomic E-state index is 13.3. The van der Waals surface area contributed by atoms with E-state index in [0.717, 1.165) is 18.9 Å². The number of halogens is 3. The SMILES string of the molecule is COc1ccc(-c2nc(C(=O)N3CCN(C(=O)OC4CC4)CC3)c(CN)o2)c2ccc(C(F)(F)F)nc12. The van der Waals surface area contributed by atoms with E-state index in [1.807, 2.05) is 0 Å². The van der Waals surface area contributed by atoms with Crippen LogP contribution in [0.5, 0.6) is 5.75 Å². The molecule has 1 saturated carbocycles. The molecule has 1 aliphatic heterocycles. The molecule has 5 rings (SSSR count). The zero-order chi connectivity index (χ0) is 26.3. The molecular formula is C24H24F3N5O5. The molecule has 2 fully saturated rings. The van der Waals surface area contributed by atoms with E-state index in [-0.39, 0.29) is 60.4 Å². The first-order valence-corrected chi connectivity index (χ1v) is 11.7. The Balaban J connectivity index is 1.41. The lowest BCUT2D eigenvalue weighted by atomic mass is 10.1. The quantitative estimate of drug-likeness (QED) is 0.544. The van der Waals surface area contributed by atoms with Crippen LogP contribution in [-0.4, -0.2) is 71.2 Å². The van der Waals surface area contributed by atoms with Crippen LogP contribution in [0, 0.1) is 0 Å². The Labute approximate surface area is 209 Å². The molecule has 0 unspecified atom stereocenters. The van der Waals surface area contributed by atoms with Crippen LogP contribution < -0.4 is 10.5 Å². The number of ether oxygens (including phenoxy) is 2. The van der Waals surface area contributed by atoms with Crippen LogP contribution in [0.15, 0.2) is 28.7 Å². The largest absolute Gasteiger partial charge is 0.494 e. The number of oxazole rings is 1. The predicted molar refractivity (Wildman–Crippen MR) is 124 cm³/mol. The molecule has 3 aromatic rings. The lowest BCUT2D eigenvalue weighted by Gasteiger charge is -2.33. The van der Waals surface area contributed by atoms with Crippen molar-refractivity contribution in [2.45, 2.75) is 31.7 Å². The number of alkyl halides is 3. The van der Waals surface area contributed by atoms with Gasteiger partial charge in [-0.2, -0.15) is 13.2 Å². The van der Waals surface area contributed by atoms with E-state index in [1.165, 1.54) is 19.2 Å². The average Bonchev–Trinajstić information content (AvgIpc) is 3.61. The van der Waals surface area contributed by atoms with E-state index in [1.54, 1.807) is 15.9 Å². The third-order valence-corrected chi connectivity index (χ3v) is 6.26. The van der Waals surface area contributed by atoms with Crippen molar-refractivity contribution in [1.82, 2.24) is 19.8 Å². The van der Waals surface area contributed by atoms with Crippen molar-refractivity contribution < 1.29 is 36.7 Å². The second-order valence-electron chi connectivity index (χ2n) is 8.76. The third kappa shape index (κ3) is 4.90. The number of nitrogens with zero attached hydrogens (tertiary/aromatic N) is 4. The van der Waals surface area contributed by atoms with Crippen molar-refractivity contribution in [3.63, 3.8) is 0 Å². The van der Waals surface area contributed by atoms with Crippen molar-refractivity contribution in [3.8, 4) is 17.2 Å². The van der Waals surface area contributed by atoms with Gasteiger partial charge in [0.25, 0.3) is 5.91 Å². The first-order valence-electron chi connectivity index (χ1n) is 11.7. The van der Waals surface area contributed by atoms with Gasteiger partial charge in [-0.1, -0.05) is 0 Å². The molecule has 1 saturated heterocycles. The summed E-state index contributed by atoms with van der Waals surface area (Å²) in [7, 11) is 1.33. The van der Waals surface area contributed by atoms with Gasteiger partial charge in [-0.3, -0.25) is 4.79 Å². The standard InChI is InChI=1S/C24H24F3N5O5/c1-35-16-6-4-15(14-5-7-18(24(25,26)27)29-19(14)16)21-30-20(17(12-28)37-21)22(33)31-8-10-32(11-9-31)23(34)36-13-2-3-13/h4-7,13H,2-3,8-12,28H2,1H3. The van der Waals surface area contributed by atoms with Gasteiger partial charge in [-0.15, -0.1) is 0 Å². The molecule has 0 bridgehead atoms. The van der Waals surface area contributed by atoms with Gasteiger partial charge in [0.15, 0.2) is 11.5 Å². The van der Waals surface area contributed by atoms with E-state index in [2.05, 4.69) is 9.97 Å². The number of piperazine rings is 1. The highest BCUT2D eigenvalue weighted by Crippen LogP contribution is 2.37. The van der Waals surface area contributed by atoms with Crippen LogP contribution in [0.1, 0.15) is 34.8 Å². The molecule has 2 aliphatic rings. The van der Waals surface area contributed by atoms with E-state index >= 15 is 0 Å². The molecule has 10 nitrogen and oxygen atoms in total. The Morgan fingerprint density at radius 1 is 1.08 bits per heavy atom. The zero-order valence-electron chi connectivity index (χ0n) is 19.9. The number of carbonyl (C=O) groups excluding carboxylic acids is 2. The zero-order valence-corrected chi connectivity index (χ0v) is 19.9. The molecule has 13 heteroatoms. The lowest BCUT2D eigenvalue weighted by Crippen LogP contribution is -2.51. The first kappa shape index (κ1) is 24.8. The summed E-state index contributed by atoms with van der Waals surface area (Å²) in [5.41, 5.74) is 5.07. The summed E-state index contributed by atoms with van der Waals surface area (Å²) < 4.78 is 56.1. The number of nitrogens with two attached hydrogens (primary N) is 1. The molecule has 2 N–H and O–H groups in total. The smallest absolute Gasteiger partial charge is 0.433 e. The van der Waals surface area contributed by atoms with Gasteiger partial charge in [0.1, 0.15) is 23.1 Å². The van der Waals surface area contributed by atoms with Crippen molar-refractivity contribution >= 4 is 22.9 Å². The molecule has 0 spiro atoms.